The molecule has 0 radical (unpaired) electrons. The number of carboxylic acid groups (broad SMARTS) is 1. The minimum Gasteiger partial charge on any atom is -0.478 e. The van der Waals surface area contributed by atoms with Gasteiger partial charge < -0.3 is 14.7 Å². The average molecular weight is 357 g/mol. The lowest BCUT2D eigenvalue weighted by Crippen LogP contribution is -2.46. The second-order valence-corrected chi connectivity index (χ2v) is 6.47. The van der Waals surface area contributed by atoms with Gasteiger partial charge in [0.15, 0.2) is 0 Å². The normalized spacial score (nSPS) is 20.0. The number of aromatic carboxylic acids is 1. The zero-order valence-electron chi connectivity index (χ0n) is 14.4. The highest BCUT2D eigenvalue weighted by Gasteiger charge is 2.29. The van der Waals surface area contributed by atoms with E-state index in [1.807, 2.05) is 6.92 Å². The van der Waals surface area contributed by atoms with Crippen molar-refractivity contribution in [3.05, 3.63) is 71.0 Å². The zero-order chi connectivity index (χ0) is 18.7. The second-order valence-electron chi connectivity index (χ2n) is 6.47. The molecule has 0 saturated carbocycles. The molecule has 136 valence electrons. The summed E-state index contributed by atoms with van der Waals surface area (Å²) in [6.07, 6.45) is -0.328. The van der Waals surface area contributed by atoms with Crippen LogP contribution >= 0.6 is 0 Å². The predicted molar refractivity (Wildman–Crippen MR) is 93.4 cm³/mol. The number of morpholine rings is 1. The molecular weight excluding hydrogens is 337 g/mol. The average Bonchev–Trinajstić information content (AvgIpc) is 2.62. The van der Waals surface area contributed by atoms with Crippen LogP contribution in [0.25, 0.3) is 0 Å². The molecule has 1 saturated heterocycles. The van der Waals surface area contributed by atoms with Crippen LogP contribution in [0.3, 0.4) is 0 Å². The third kappa shape index (κ3) is 4.26. The maximum absolute atomic E-state index is 13.1. The van der Waals surface area contributed by atoms with Gasteiger partial charge in [0.25, 0.3) is 0 Å². The van der Waals surface area contributed by atoms with Crippen molar-refractivity contribution >= 4 is 11.9 Å². The van der Waals surface area contributed by atoms with Gasteiger partial charge in [-0.05, 0) is 42.3 Å². The number of hydrogen-bond acceptors (Lipinski definition) is 3. The minimum atomic E-state index is -1.02. The Kier molecular flexibility index (Phi) is 5.32. The molecule has 2 unspecified atom stereocenters. The van der Waals surface area contributed by atoms with Crippen LogP contribution in [0.4, 0.5) is 4.39 Å². The molecule has 0 spiro atoms. The van der Waals surface area contributed by atoms with Gasteiger partial charge in [-0.3, -0.25) is 4.79 Å². The highest BCUT2D eigenvalue weighted by molar-refractivity contribution is 5.88. The van der Waals surface area contributed by atoms with E-state index >= 15 is 0 Å². The lowest BCUT2D eigenvalue weighted by molar-refractivity contribution is -0.144. The lowest BCUT2D eigenvalue weighted by Gasteiger charge is -2.37. The fourth-order valence-electron chi connectivity index (χ4n) is 3.12. The van der Waals surface area contributed by atoms with E-state index in [9.17, 15) is 14.0 Å². The van der Waals surface area contributed by atoms with Crippen molar-refractivity contribution in [1.82, 2.24) is 4.90 Å². The van der Waals surface area contributed by atoms with Gasteiger partial charge in [-0.1, -0.05) is 24.3 Å². The molecule has 1 aliphatic rings. The van der Waals surface area contributed by atoms with E-state index < -0.39 is 5.97 Å². The van der Waals surface area contributed by atoms with E-state index in [4.69, 9.17) is 9.84 Å². The molecule has 26 heavy (non-hydrogen) atoms. The molecule has 1 amide bonds. The number of ether oxygens (including phenoxy) is 1. The Balaban J connectivity index is 1.71. The standard InChI is InChI=1S/C20H20FNO4/c1-13-11-22(12-18(26-13)15-5-7-17(21)8-6-15)19(23)10-14-3-2-4-16(9-14)20(24)25/h2-9,13,18H,10-12H2,1H3,(H,24,25). The first kappa shape index (κ1) is 18.1. The maximum Gasteiger partial charge on any atom is 0.335 e. The number of amides is 1. The fourth-order valence-corrected chi connectivity index (χ4v) is 3.12. The Hall–Kier alpha value is -2.73. The monoisotopic (exact) mass is 357 g/mol. The third-order valence-corrected chi connectivity index (χ3v) is 4.38. The highest BCUT2D eigenvalue weighted by Crippen LogP contribution is 2.26. The van der Waals surface area contributed by atoms with Gasteiger partial charge in [-0.2, -0.15) is 0 Å². The Morgan fingerprint density at radius 1 is 1.19 bits per heavy atom. The molecule has 6 heteroatoms. The van der Waals surface area contributed by atoms with E-state index in [1.165, 1.54) is 24.3 Å². The van der Waals surface area contributed by atoms with Crippen molar-refractivity contribution in [2.45, 2.75) is 25.6 Å². The van der Waals surface area contributed by atoms with Crippen LogP contribution in [-0.4, -0.2) is 41.1 Å². The van der Waals surface area contributed by atoms with Crippen LogP contribution in [0, 0.1) is 5.82 Å². The van der Waals surface area contributed by atoms with Gasteiger partial charge in [-0.25, -0.2) is 9.18 Å². The van der Waals surface area contributed by atoms with E-state index in [0.717, 1.165) is 5.56 Å². The quantitative estimate of drug-likeness (QED) is 0.913. The first-order valence-corrected chi connectivity index (χ1v) is 8.43. The summed E-state index contributed by atoms with van der Waals surface area (Å²) in [7, 11) is 0. The van der Waals surface area contributed by atoms with Gasteiger partial charge in [0.05, 0.1) is 24.6 Å². The number of rotatable bonds is 4. The van der Waals surface area contributed by atoms with Crippen LogP contribution in [-0.2, 0) is 16.0 Å². The first-order chi connectivity index (χ1) is 12.4. The molecule has 1 fully saturated rings. The first-order valence-electron chi connectivity index (χ1n) is 8.43. The molecule has 2 aromatic carbocycles. The summed E-state index contributed by atoms with van der Waals surface area (Å²) >= 11 is 0. The summed E-state index contributed by atoms with van der Waals surface area (Å²) in [6.45, 7) is 2.74. The van der Waals surface area contributed by atoms with E-state index in [0.29, 0.717) is 18.7 Å². The number of carbonyl (C=O) groups excluding carboxylic acids is 1. The van der Waals surface area contributed by atoms with Crippen molar-refractivity contribution in [3.8, 4) is 0 Å². The SMILES string of the molecule is CC1CN(C(=O)Cc2cccc(C(=O)O)c2)CC(c2ccc(F)cc2)O1. The van der Waals surface area contributed by atoms with Gasteiger partial charge in [0.2, 0.25) is 5.91 Å². The summed E-state index contributed by atoms with van der Waals surface area (Å²) < 4.78 is 19.0. The highest BCUT2D eigenvalue weighted by atomic mass is 19.1. The number of carboxylic acids is 1. The molecule has 0 aliphatic carbocycles. The molecule has 1 heterocycles. The number of benzene rings is 2. The molecule has 0 aromatic heterocycles. The van der Waals surface area contributed by atoms with Crippen molar-refractivity contribution in [2.75, 3.05) is 13.1 Å². The molecule has 5 nitrogen and oxygen atoms in total. The van der Waals surface area contributed by atoms with E-state index in [2.05, 4.69) is 0 Å². The Labute approximate surface area is 151 Å². The fraction of sp³-hybridized carbons (Fsp3) is 0.300. The Morgan fingerprint density at radius 3 is 2.62 bits per heavy atom. The third-order valence-electron chi connectivity index (χ3n) is 4.38. The van der Waals surface area contributed by atoms with Crippen LogP contribution in [0.1, 0.15) is 34.5 Å². The van der Waals surface area contributed by atoms with E-state index in [-0.39, 0.29) is 35.9 Å². The molecule has 3 rings (SSSR count). The van der Waals surface area contributed by atoms with Crippen LogP contribution in [0.5, 0.6) is 0 Å². The van der Waals surface area contributed by atoms with Gasteiger partial charge in [0, 0.05) is 6.54 Å². The van der Waals surface area contributed by atoms with Gasteiger partial charge in [0.1, 0.15) is 11.9 Å². The summed E-state index contributed by atoms with van der Waals surface area (Å²) in [5.74, 6) is -1.42. The summed E-state index contributed by atoms with van der Waals surface area (Å²) in [4.78, 5) is 25.5. The zero-order valence-corrected chi connectivity index (χ0v) is 14.4. The van der Waals surface area contributed by atoms with Crippen molar-refractivity contribution < 1.29 is 23.8 Å². The van der Waals surface area contributed by atoms with Crippen LogP contribution in [0.15, 0.2) is 48.5 Å². The maximum atomic E-state index is 13.1. The Morgan fingerprint density at radius 2 is 1.92 bits per heavy atom. The van der Waals surface area contributed by atoms with Crippen LogP contribution < -0.4 is 0 Å². The van der Waals surface area contributed by atoms with Crippen molar-refractivity contribution in [1.29, 1.82) is 0 Å². The van der Waals surface area contributed by atoms with Gasteiger partial charge in [-0.15, -0.1) is 0 Å². The summed E-state index contributed by atoms with van der Waals surface area (Å²) in [5.41, 5.74) is 1.64. The second kappa shape index (κ2) is 7.66. The van der Waals surface area contributed by atoms with Crippen molar-refractivity contribution in [2.24, 2.45) is 0 Å². The van der Waals surface area contributed by atoms with Crippen LogP contribution in [0.2, 0.25) is 0 Å². The smallest absolute Gasteiger partial charge is 0.335 e. The summed E-state index contributed by atoms with van der Waals surface area (Å²) in [6, 6.07) is 12.5. The topological polar surface area (TPSA) is 66.8 Å². The molecular formula is C20H20FNO4. The number of carbonyl (C=O) groups is 2. The molecule has 2 aromatic rings. The molecule has 2 atom stereocenters. The molecule has 0 bridgehead atoms. The number of nitrogens with zero attached hydrogens (tertiary/aromatic N) is 1. The molecule has 1 aliphatic heterocycles. The Bertz CT molecular complexity index is 806. The number of hydrogen-bond donors (Lipinski definition) is 1. The van der Waals surface area contributed by atoms with Crippen molar-refractivity contribution in [3.63, 3.8) is 0 Å². The molecule has 1 N–H and O–H groups in total. The van der Waals surface area contributed by atoms with E-state index in [1.54, 1.807) is 29.2 Å². The lowest BCUT2D eigenvalue weighted by atomic mass is 10.0. The summed E-state index contributed by atoms with van der Waals surface area (Å²) in [5, 5.41) is 9.07. The largest absolute Gasteiger partial charge is 0.478 e. The minimum absolute atomic E-state index is 0.0881. The number of halogens is 1. The predicted octanol–water partition coefficient (Wildman–Crippen LogP) is 3.06. The van der Waals surface area contributed by atoms with Gasteiger partial charge >= 0.3 is 5.97 Å².